The van der Waals surface area contributed by atoms with Crippen molar-refractivity contribution in [1.29, 1.82) is 0 Å². The minimum atomic E-state index is 0.327. The summed E-state index contributed by atoms with van der Waals surface area (Å²) in [6, 6.07) is 6.72. The number of hydrogen-bond donors (Lipinski definition) is 0. The molecule has 0 heterocycles. The van der Waals surface area contributed by atoms with E-state index >= 15 is 0 Å². The SMILES string of the molecule is CC(C)C1CCC(C(=O)Cc2ccc3c(c2)CCC3)CC1. The van der Waals surface area contributed by atoms with Crippen molar-refractivity contribution in [3.8, 4) is 0 Å². The van der Waals surface area contributed by atoms with Gasteiger partial charge in [-0.05, 0) is 73.5 Å². The molecule has 3 rings (SSSR count). The molecule has 0 saturated heterocycles. The molecule has 1 fully saturated rings. The normalized spacial score (nSPS) is 25.1. The van der Waals surface area contributed by atoms with Crippen LogP contribution >= 0.6 is 0 Å². The second-order valence-corrected chi connectivity index (χ2v) is 7.46. The highest BCUT2D eigenvalue weighted by atomic mass is 16.1. The second-order valence-electron chi connectivity index (χ2n) is 7.46. The van der Waals surface area contributed by atoms with Crippen molar-refractivity contribution < 1.29 is 4.79 Å². The first-order valence-electron chi connectivity index (χ1n) is 8.77. The molecule has 1 aromatic rings. The fourth-order valence-electron chi connectivity index (χ4n) is 4.19. The van der Waals surface area contributed by atoms with Gasteiger partial charge in [-0.25, -0.2) is 0 Å². The lowest BCUT2D eigenvalue weighted by Crippen LogP contribution is -2.25. The minimum Gasteiger partial charge on any atom is -0.299 e. The number of carbonyl (C=O) groups excluding carboxylic acids is 1. The van der Waals surface area contributed by atoms with E-state index < -0.39 is 0 Å². The standard InChI is InChI=1S/C20H28O/c1-14(2)16-8-10-18(11-9-16)20(21)13-15-6-7-17-4-3-5-19(17)12-15/h6-7,12,14,16,18H,3-5,8-11,13H2,1-2H3. The fraction of sp³-hybridized carbons (Fsp3) is 0.650. The van der Waals surface area contributed by atoms with Gasteiger partial charge in [-0.2, -0.15) is 0 Å². The van der Waals surface area contributed by atoms with Crippen molar-refractivity contribution in [2.45, 2.75) is 65.2 Å². The Bertz CT molecular complexity index is 507. The Morgan fingerprint density at radius 3 is 2.52 bits per heavy atom. The molecule has 0 atom stereocenters. The Hall–Kier alpha value is -1.11. The van der Waals surface area contributed by atoms with Crippen LogP contribution in [0.15, 0.2) is 18.2 Å². The summed E-state index contributed by atoms with van der Waals surface area (Å²) >= 11 is 0. The van der Waals surface area contributed by atoms with E-state index in [1.165, 1.54) is 48.8 Å². The van der Waals surface area contributed by atoms with Gasteiger partial charge in [0.15, 0.2) is 0 Å². The van der Waals surface area contributed by atoms with Crippen molar-refractivity contribution >= 4 is 5.78 Å². The van der Waals surface area contributed by atoms with Gasteiger partial charge in [-0.15, -0.1) is 0 Å². The summed E-state index contributed by atoms with van der Waals surface area (Å²) in [6.07, 6.45) is 9.10. The van der Waals surface area contributed by atoms with Crippen LogP contribution in [-0.2, 0) is 24.1 Å². The number of Topliss-reactive ketones (excluding diaryl/α,β-unsaturated/α-hetero) is 1. The van der Waals surface area contributed by atoms with Crippen molar-refractivity contribution in [2.75, 3.05) is 0 Å². The van der Waals surface area contributed by atoms with E-state index in [0.717, 1.165) is 24.7 Å². The molecule has 2 aliphatic rings. The lowest BCUT2D eigenvalue weighted by Gasteiger charge is -2.30. The number of aryl methyl sites for hydroxylation is 2. The number of hydrogen-bond acceptors (Lipinski definition) is 1. The zero-order chi connectivity index (χ0) is 14.8. The molecule has 21 heavy (non-hydrogen) atoms. The summed E-state index contributed by atoms with van der Waals surface area (Å²) in [4.78, 5) is 12.5. The molecule has 0 spiro atoms. The summed E-state index contributed by atoms with van der Waals surface area (Å²) in [5, 5.41) is 0. The van der Waals surface area contributed by atoms with Crippen molar-refractivity contribution in [1.82, 2.24) is 0 Å². The summed E-state index contributed by atoms with van der Waals surface area (Å²) < 4.78 is 0. The predicted octanol–water partition coefficient (Wildman–Crippen LogP) is 4.75. The van der Waals surface area contributed by atoms with Crippen LogP contribution in [-0.4, -0.2) is 5.78 Å². The highest BCUT2D eigenvalue weighted by molar-refractivity contribution is 5.83. The minimum absolute atomic E-state index is 0.327. The van der Waals surface area contributed by atoms with Crippen LogP contribution in [0.3, 0.4) is 0 Å². The van der Waals surface area contributed by atoms with Crippen LogP contribution in [0.2, 0.25) is 0 Å². The van der Waals surface area contributed by atoms with Gasteiger partial charge < -0.3 is 0 Å². The van der Waals surface area contributed by atoms with Crippen LogP contribution in [0.4, 0.5) is 0 Å². The van der Waals surface area contributed by atoms with Crippen LogP contribution < -0.4 is 0 Å². The maximum atomic E-state index is 12.5. The molecule has 0 N–H and O–H groups in total. The van der Waals surface area contributed by atoms with E-state index in [4.69, 9.17) is 0 Å². The molecular formula is C20H28O. The van der Waals surface area contributed by atoms with Crippen molar-refractivity contribution in [2.24, 2.45) is 17.8 Å². The molecule has 0 radical (unpaired) electrons. The summed E-state index contributed by atoms with van der Waals surface area (Å²) in [5.41, 5.74) is 4.24. The van der Waals surface area contributed by atoms with Crippen LogP contribution in [0.5, 0.6) is 0 Å². The number of carbonyl (C=O) groups is 1. The molecule has 0 amide bonds. The summed E-state index contributed by atoms with van der Waals surface area (Å²) in [6.45, 7) is 4.63. The first kappa shape index (κ1) is 14.8. The largest absolute Gasteiger partial charge is 0.299 e. The third kappa shape index (κ3) is 3.39. The van der Waals surface area contributed by atoms with Crippen LogP contribution in [0.1, 0.15) is 62.6 Å². The summed E-state index contributed by atoms with van der Waals surface area (Å²) in [5.74, 6) is 2.43. The Labute approximate surface area is 129 Å². The highest BCUT2D eigenvalue weighted by Crippen LogP contribution is 2.34. The Kier molecular flexibility index (Phi) is 4.47. The highest BCUT2D eigenvalue weighted by Gasteiger charge is 2.27. The Balaban J connectivity index is 1.57. The number of fused-ring (bicyclic) bond motifs is 1. The fourth-order valence-corrected chi connectivity index (χ4v) is 4.19. The van der Waals surface area contributed by atoms with Crippen LogP contribution in [0, 0.1) is 17.8 Å². The van der Waals surface area contributed by atoms with E-state index in [1.54, 1.807) is 0 Å². The Morgan fingerprint density at radius 1 is 1.10 bits per heavy atom. The molecule has 0 unspecified atom stereocenters. The molecule has 0 aromatic heterocycles. The van der Waals surface area contributed by atoms with E-state index in [-0.39, 0.29) is 0 Å². The van der Waals surface area contributed by atoms with Gasteiger partial charge in [0.1, 0.15) is 5.78 Å². The molecule has 1 nitrogen and oxygen atoms in total. The number of rotatable bonds is 4. The predicted molar refractivity (Wildman–Crippen MR) is 87.5 cm³/mol. The van der Waals surface area contributed by atoms with Gasteiger partial charge in [-0.1, -0.05) is 32.0 Å². The number of benzene rings is 1. The molecule has 1 saturated carbocycles. The maximum absolute atomic E-state index is 12.5. The molecule has 1 heteroatoms. The van der Waals surface area contributed by atoms with Gasteiger partial charge in [-0.3, -0.25) is 4.79 Å². The molecule has 0 bridgehead atoms. The van der Waals surface area contributed by atoms with E-state index in [2.05, 4.69) is 32.0 Å². The third-order valence-corrected chi connectivity index (χ3v) is 5.71. The monoisotopic (exact) mass is 284 g/mol. The molecule has 2 aliphatic carbocycles. The number of ketones is 1. The smallest absolute Gasteiger partial charge is 0.140 e. The average molecular weight is 284 g/mol. The molecule has 1 aromatic carbocycles. The zero-order valence-electron chi connectivity index (χ0n) is 13.5. The third-order valence-electron chi connectivity index (χ3n) is 5.71. The average Bonchev–Trinajstić information content (AvgIpc) is 2.95. The zero-order valence-corrected chi connectivity index (χ0v) is 13.5. The van der Waals surface area contributed by atoms with Crippen LogP contribution in [0.25, 0.3) is 0 Å². The van der Waals surface area contributed by atoms with Gasteiger partial charge in [0, 0.05) is 12.3 Å². The second kappa shape index (κ2) is 6.34. The van der Waals surface area contributed by atoms with Crippen molar-refractivity contribution in [3.05, 3.63) is 34.9 Å². The quantitative estimate of drug-likeness (QED) is 0.780. The van der Waals surface area contributed by atoms with Gasteiger partial charge in [0.25, 0.3) is 0 Å². The lowest BCUT2D eigenvalue weighted by atomic mass is 9.75. The molecule has 0 aliphatic heterocycles. The maximum Gasteiger partial charge on any atom is 0.140 e. The Morgan fingerprint density at radius 2 is 1.81 bits per heavy atom. The first-order valence-corrected chi connectivity index (χ1v) is 8.77. The summed E-state index contributed by atoms with van der Waals surface area (Å²) in [7, 11) is 0. The van der Waals surface area contributed by atoms with E-state index in [1.807, 2.05) is 0 Å². The topological polar surface area (TPSA) is 17.1 Å². The van der Waals surface area contributed by atoms with Gasteiger partial charge >= 0.3 is 0 Å². The van der Waals surface area contributed by atoms with Crippen molar-refractivity contribution in [3.63, 3.8) is 0 Å². The first-order chi connectivity index (χ1) is 10.1. The van der Waals surface area contributed by atoms with Gasteiger partial charge in [0.05, 0.1) is 0 Å². The van der Waals surface area contributed by atoms with E-state index in [9.17, 15) is 4.79 Å². The van der Waals surface area contributed by atoms with E-state index in [0.29, 0.717) is 18.1 Å². The lowest BCUT2D eigenvalue weighted by molar-refractivity contribution is -0.123. The van der Waals surface area contributed by atoms with Gasteiger partial charge in [0.2, 0.25) is 0 Å². The molecule has 114 valence electrons. The molecular weight excluding hydrogens is 256 g/mol.